The summed E-state index contributed by atoms with van der Waals surface area (Å²) in [6.07, 6.45) is 20.9. The summed E-state index contributed by atoms with van der Waals surface area (Å²) in [6.45, 7) is 2.21. The van der Waals surface area contributed by atoms with Gasteiger partial charge in [-0.1, -0.05) is 62.3 Å². The molecule has 82 valence electrons. The molecule has 0 aliphatic rings. The summed E-state index contributed by atoms with van der Waals surface area (Å²) < 4.78 is 0. The maximum absolute atomic E-state index is 9.92. The van der Waals surface area contributed by atoms with Gasteiger partial charge in [0.2, 0.25) is 0 Å². The summed E-state index contributed by atoms with van der Waals surface area (Å²) in [7, 11) is 0. The summed E-state index contributed by atoms with van der Waals surface area (Å²) >= 11 is 0. The molecule has 0 aromatic heterocycles. The Bertz CT molecular complexity index is 244. The van der Waals surface area contributed by atoms with E-state index >= 15 is 0 Å². The molecule has 0 aliphatic carbocycles. The second-order valence-electron chi connectivity index (χ2n) is 3.21. The van der Waals surface area contributed by atoms with Crippen molar-refractivity contribution in [3.05, 3.63) is 48.6 Å². The molecular formula is C14H20O. The Morgan fingerprint density at radius 2 is 1.40 bits per heavy atom. The normalized spacial score (nSPS) is 12.6. The van der Waals surface area contributed by atoms with Crippen LogP contribution in [-0.4, -0.2) is 6.29 Å². The molecule has 0 aliphatic heterocycles. The minimum atomic E-state index is 0.766. The Balaban J connectivity index is 3.48. The minimum Gasteiger partial charge on any atom is -0.299 e. The van der Waals surface area contributed by atoms with Crippen LogP contribution in [-0.2, 0) is 4.79 Å². The maximum atomic E-state index is 9.92. The van der Waals surface area contributed by atoms with E-state index in [0.717, 1.165) is 12.7 Å². The lowest BCUT2D eigenvalue weighted by molar-refractivity contribution is -0.104. The summed E-state index contributed by atoms with van der Waals surface area (Å²) in [6, 6.07) is 0. The first-order valence-corrected chi connectivity index (χ1v) is 5.52. The molecule has 0 spiro atoms. The van der Waals surface area contributed by atoms with Gasteiger partial charge in [-0.3, -0.25) is 4.79 Å². The Hall–Kier alpha value is -1.37. The first kappa shape index (κ1) is 13.6. The highest BCUT2D eigenvalue weighted by Crippen LogP contribution is 1.99. The van der Waals surface area contributed by atoms with Gasteiger partial charge in [0, 0.05) is 0 Å². The number of rotatable bonds is 8. The number of carbonyl (C=O) groups excluding carboxylic acids is 1. The number of unbranched alkanes of at least 4 members (excludes halogenated alkanes) is 3. The molecule has 0 saturated heterocycles. The zero-order chi connectivity index (χ0) is 11.2. The van der Waals surface area contributed by atoms with Crippen molar-refractivity contribution in [2.75, 3.05) is 0 Å². The Labute approximate surface area is 92.9 Å². The van der Waals surface area contributed by atoms with Gasteiger partial charge in [0.15, 0.2) is 0 Å². The highest BCUT2D eigenvalue weighted by molar-refractivity contribution is 5.65. The fourth-order valence-corrected chi connectivity index (χ4v) is 1.05. The third-order valence-electron chi connectivity index (χ3n) is 1.86. The van der Waals surface area contributed by atoms with Crippen molar-refractivity contribution in [1.29, 1.82) is 0 Å². The summed E-state index contributed by atoms with van der Waals surface area (Å²) in [4.78, 5) is 9.92. The van der Waals surface area contributed by atoms with E-state index in [-0.39, 0.29) is 0 Å². The lowest BCUT2D eigenvalue weighted by Gasteiger charge is -1.89. The number of hydrogen-bond acceptors (Lipinski definition) is 1. The van der Waals surface area contributed by atoms with Crippen LogP contribution < -0.4 is 0 Å². The zero-order valence-corrected chi connectivity index (χ0v) is 9.43. The third-order valence-corrected chi connectivity index (χ3v) is 1.86. The molecule has 1 nitrogen and oxygen atoms in total. The van der Waals surface area contributed by atoms with Crippen LogP contribution in [0.2, 0.25) is 0 Å². The van der Waals surface area contributed by atoms with Gasteiger partial charge in [-0.05, 0) is 18.9 Å². The molecule has 0 fully saturated rings. The third kappa shape index (κ3) is 12.6. The van der Waals surface area contributed by atoms with Crippen molar-refractivity contribution in [1.82, 2.24) is 0 Å². The van der Waals surface area contributed by atoms with Crippen LogP contribution in [0.15, 0.2) is 48.6 Å². The molecule has 0 heterocycles. The first-order chi connectivity index (χ1) is 7.41. The van der Waals surface area contributed by atoms with Crippen LogP contribution in [0.1, 0.15) is 32.6 Å². The number of aldehydes is 1. The maximum Gasteiger partial charge on any atom is 0.142 e. The Kier molecular flexibility index (Phi) is 11.5. The molecule has 15 heavy (non-hydrogen) atoms. The van der Waals surface area contributed by atoms with E-state index in [1.54, 1.807) is 6.08 Å². The number of hydrogen-bond donors (Lipinski definition) is 0. The van der Waals surface area contributed by atoms with E-state index in [0.29, 0.717) is 0 Å². The van der Waals surface area contributed by atoms with E-state index in [2.05, 4.69) is 19.1 Å². The quantitative estimate of drug-likeness (QED) is 0.253. The average molecular weight is 204 g/mol. The smallest absolute Gasteiger partial charge is 0.142 e. The van der Waals surface area contributed by atoms with Crippen molar-refractivity contribution in [3.63, 3.8) is 0 Å². The van der Waals surface area contributed by atoms with Gasteiger partial charge in [0.25, 0.3) is 0 Å². The molecule has 0 rings (SSSR count). The molecule has 1 heteroatoms. The monoisotopic (exact) mass is 204 g/mol. The number of carbonyl (C=O) groups is 1. The molecule has 0 atom stereocenters. The van der Waals surface area contributed by atoms with Gasteiger partial charge < -0.3 is 0 Å². The molecular weight excluding hydrogens is 184 g/mol. The van der Waals surface area contributed by atoms with Crippen molar-refractivity contribution in [3.8, 4) is 0 Å². The van der Waals surface area contributed by atoms with E-state index in [4.69, 9.17) is 0 Å². The second-order valence-corrected chi connectivity index (χ2v) is 3.21. The van der Waals surface area contributed by atoms with Crippen LogP contribution in [0, 0.1) is 0 Å². The van der Waals surface area contributed by atoms with Crippen LogP contribution in [0.25, 0.3) is 0 Å². The lowest BCUT2D eigenvalue weighted by atomic mass is 10.2. The van der Waals surface area contributed by atoms with Crippen LogP contribution >= 0.6 is 0 Å². The molecule has 0 aromatic rings. The first-order valence-electron chi connectivity index (χ1n) is 5.52. The highest BCUT2D eigenvalue weighted by Gasteiger charge is 1.79. The Morgan fingerprint density at radius 1 is 0.800 bits per heavy atom. The average Bonchev–Trinajstić information content (AvgIpc) is 2.26. The second kappa shape index (κ2) is 12.6. The van der Waals surface area contributed by atoms with E-state index in [1.807, 2.05) is 24.3 Å². The topological polar surface area (TPSA) is 17.1 Å². The van der Waals surface area contributed by atoms with Crippen LogP contribution in [0.3, 0.4) is 0 Å². The zero-order valence-electron chi connectivity index (χ0n) is 9.43. The summed E-state index contributed by atoms with van der Waals surface area (Å²) in [5.74, 6) is 0. The van der Waals surface area contributed by atoms with Crippen molar-refractivity contribution in [2.45, 2.75) is 32.6 Å². The Morgan fingerprint density at radius 3 is 2.00 bits per heavy atom. The van der Waals surface area contributed by atoms with Gasteiger partial charge in [-0.2, -0.15) is 0 Å². The summed E-state index contributed by atoms with van der Waals surface area (Å²) in [5.41, 5.74) is 0. The van der Waals surface area contributed by atoms with Gasteiger partial charge in [-0.25, -0.2) is 0 Å². The van der Waals surface area contributed by atoms with Gasteiger partial charge in [0.05, 0.1) is 0 Å². The standard InChI is InChI=1S/C14H20O/c1-2-3-4-5-6-7-8-9-10-11-12-13-14-15/h6-14H,2-5H2,1H3/b7-6+,9-8+,11-10+,13-12+. The molecule has 0 amide bonds. The predicted molar refractivity (Wildman–Crippen MR) is 66.8 cm³/mol. The molecule has 0 aromatic carbocycles. The van der Waals surface area contributed by atoms with Crippen molar-refractivity contribution >= 4 is 6.29 Å². The molecule has 0 unspecified atom stereocenters. The lowest BCUT2D eigenvalue weighted by Crippen LogP contribution is -1.69. The molecule has 0 N–H and O–H groups in total. The SMILES string of the molecule is CCCCC/C=C/C=C/C=C/C=C/C=O. The fraction of sp³-hybridized carbons (Fsp3) is 0.357. The fourth-order valence-electron chi connectivity index (χ4n) is 1.05. The molecule has 0 saturated carbocycles. The van der Waals surface area contributed by atoms with Crippen molar-refractivity contribution in [2.24, 2.45) is 0 Å². The van der Waals surface area contributed by atoms with Crippen molar-refractivity contribution < 1.29 is 4.79 Å². The number of allylic oxidation sites excluding steroid dienone is 8. The minimum absolute atomic E-state index is 0.766. The molecule has 0 bridgehead atoms. The van der Waals surface area contributed by atoms with Gasteiger partial charge >= 0.3 is 0 Å². The van der Waals surface area contributed by atoms with Gasteiger partial charge in [-0.15, -0.1) is 0 Å². The van der Waals surface area contributed by atoms with Crippen LogP contribution in [0.5, 0.6) is 0 Å². The highest BCUT2D eigenvalue weighted by atomic mass is 16.1. The summed E-state index contributed by atoms with van der Waals surface area (Å²) in [5, 5.41) is 0. The van der Waals surface area contributed by atoms with E-state index < -0.39 is 0 Å². The largest absolute Gasteiger partial charge is 0.299 e. The van der Waals surface area contributed by atoms with Crippen LogP contribution in [0.4, 0.5) is 0 Å². The van der Waals surface area contributed by atoms with E-state index in [9.17, 15) is 4.79 Å². The van der Waals surface area contributed by atoms with Gasteiger partial charge in [0.1, 0.15) is 6.29 Å². The van der Waals surface area contributed by atoms with E-state index in [1.165, 1.54) is 25.3 Å². The molecule has 0 radical (unpaired) electrons. The predicted octanol–water partition coefficient (Wildman–Crippen LogP) is 3.99.